The molecule has 0 saturated carbocycles. The van der Waals surface area contributed by atoms with Crippen LogP contribution in [0.3, 0.4) is 0 Å². The standard InChI is InChI=1S/C20H22F2N2O5/c1-2-27-18(25)10-13-6-3-4-9-24(13)20(26)17-11-14(29-23-17)12-28-19-15(21)7-5-8-16(19)22/h5,7-8,11,13H,2-4,6,9-10,12H2,1H3/t13-/m0/s1. The maximum absolute atomic E-state index is 13.6. The van der Waals surface area contributed by atoms with Crippen molar-refractivity contribution in [3.63, 3.8) is 0 Å². The molecule has 0 N–H and O–H groups in total. The highest BCUT2D eigenvalue weighted by Gasteiger charge is 2.31. The Bertz CT molecular complexity index is 850. The molecular weight excluding hydrogens is 386 g/mol. The van der Waals surface area contributed by atoms with Gasteiger partial charge in [-0.25, -0.2) is 8.78 Å². The van der Waals surface area contributed by atoms with Crippen molar-refractivity contribution in [2.45, 2.75) is 45.3 Å². The summed E-state index contributed by atoms with van der Waals surface area (Å²) in [4.78, 5) is 26.3. The number of nitrogens with zero attached hydrogens (tertiary/aromatic N) is 2. The Kier molecular flexibility index (Phi) is 6.79. The van der Waals surface area contributed by atoms with Gasteiger partial charge in [0.05, 0.1) is 13.0 Å². The number of rotatable bonds is 7. The van der Waals surface area contributed by atoms with Crippen molar-refractivity contribution in [2.24, 2.45) is 0 Å². The number of piperidine rings is 1. The minimum atomic E-state index is -0.837. The lowest BCUT2D eigenvalue weighted by atomic mass is 9.99. The second kappa shape index (κ2) is 9.49. The third-order valence-corrected chi connectivity index (χ3v) is 4.65. The van der Waals surface area contributed by atoms with Crippen molar-refractivity contribution in [3.8, 4) is 5.75 Å². The molecule has 9 heteroatoms. The van der Waals surface area contributed by atoms with Crippen molar-refractivity contribution in [3.05, 3.63) is 47.4 Å². The van der Waals surface area contributed by atoms with Gasteiger partial charge in [0, 0.05) is 18.7 Å². The van der Waals surface area contributed by atoms with Crippen LogP contribution in [0.5, 0.6) is 5.75 Å². The third kappa shape index (κ3) is 5.10. The van der Waals surface area contributed by atoms with E-state index in [2.05, 4.69) is 5.16 Å². The Balaban J connectivity index is 1.65. The first-order valence-corrected chi connectivity index (χ1v) is 9.48. The molecule has 0 spiro atoms. The summed E-state index contributed by atoms with van der Waals surface area (Å²) in [5.74, 6) is -2.77. The predicted octanol–water partition coefficient (Wildman–Crippen LogP) is 3.48. The van der Waals surface area contributed by atoms with Crippen molar-refractivity contribution in [1.29, 1.82) is 0 Å². The number of amides is 1. The van der Waals surface area contributed by atoms with Crippen molar-refractivity contribution in [2.75, 3.05) is 13.2 Å². The fourth-order valence-corrected chi connectivity index (χ4v) is 3.29. The number of halogens is 2. The Hall–Kier alpha value is -2.97. The maximum atomic E-state index is 13.6. The number of esters is 1. The van der Waals surface area contributed by atoms with Crippen LogP contribution in [0.1, 0.15) is 48.9 Å². The van der Waals surface area contributed by atoms with Gasteiger partial charge in [-0.1, -0.05) is 11.2 Å². The molecule has 1 aromatic carbocycles. The number of ether oxygens (including phenoxy) is 2. The fourth-order valence-electron chi connectivity index (χ4n) is 3.29. The molecule has 2 aromatic rings. The van der Waals surface area contributed by atoms with Crippen molar-refractivity contribution in [1.82, 2.24) is 10.1 Å². The molecule has 156 valence electrons. The van der Waals surface area contributed by atoms with Gasteiger partial charge >= 0.3 is 5.97 Å². The number of carbonyl (C=O) groups is 2. The van der Waals surface area contributed by atoms with Crippen LogP contribution in [0.4, 0.5) is 8.78 Å². The molecule has 1 atom stereocenters. The SMILES string of the molecule is CCOC(=O)C[C@@H]1CCCCN1C(=O)c1cc(COc2c(F)cccc2F)on1. The molecule has 7 nitrogen and oxygen atoms in total. The van der Waals surface area contributed by atoms with Gasteiger partial charge < -0.3 is 18.9 Å². The van der Waals surface area contributed by atoms with E-state index in [1.807, 2.05) is 0 Å². The molecule has 1 saturated heterocycles. The van der Waals surface area contributed by atoms with Crippen LogP contribution in [0.15, 0.2) is 28.8 Å². The average Bonchev–Trinajstić information content (AvgIpc) is 3.17. The molecule has 1 aromatic heterocycles. The highest BCUT2D eigenvalue weighted by molar-refractivity contribution is 5.92. The second-order valence-electron chi connectivity index (χ2n) is 6.68. The Morgan fingerprint density at radius 3 is 2.76 bits per heavy atom. The average molecular weight is 408 g/mol. The molecule has 1 fully saturated rings. The van der Waals surface area contributed by atoms with Gasteiger partial charge in [0.15, 0.2) is 28.8 Å². The van der Waals surface area contributed by atoms with E-state index in [0.717, 1.165) is 25.0 Å². The summed E-state index contributed by atoms with van der Waals surface area (Å²) in [6, 6.07) is 4.49. The molecule has 1 amide bonds. The zero-order chi connectivity index (χ0) is 20.8. The van der Waals surface area contributed by atoms with Gasteiger partial charge in [0.25, 0.3) is 5.91 Å². The molecule has 1 aliphatic heterocycles. The first-order valence-electron chi connectivity index (χ1n) is 9.48. The van der Waals surface area contributed by atoms with Gasteiger partial charge in [-0.15, -0.1) is 0 Å². The predicted molar refractivity (Wildman–Crippen MR) is 97.1 cm³/mol. The summed E-state index contributed by atoms with van der Waals surface area (Å²) >= 11 is 0. The maximum Gasteiger partial charge on any atom is 0.307 e. The van der Waals surface area contributed by atoms with E-state index in [4.69, 9.17) is 14.0 Å². The number of likely N-dealkylation sites (tertiary alicyclic amines) is 1. The smallest absolute Gasteiger partial charge is 0.307 e. The van der Waals surface area contributed by atoms with Gasteiger partial charge in [-0.05, 0) is 38.3 Å². The molecular formula is C20H22F2N2O5. The summed E-state index contributed by atoms with van der Waals surface area (Å²) in [5, 5.41) is 3.75. The summed E-state index contributed by atoms with van der Waals surface area (Å²) in [6.45, 7) is 2.23. The third-order valence-electron chi connectivity index (χ3n) is 4.65. The van der Waals surface area contributed by atoms with Crippen LogP contribution in [-0.2, 0) is 16.1 Å². The van der Waals surface area contributed by atoms with Crippen LogP contribution >= 0.6 is 0 Å². The van der Waals surface area contributed by atoms with E-state index < -0.39 is 17.4 Å². The van der Waals surface area contributed by atoms with Crippen LogP contribution in [0.25, 0.3) is 0 Å². The fraction of sp³-hybridized carbons (Fsp3) is 0.450. The molecule has 2 heterocycles. The first kappa shape index (κ1) is 20.8. The van der Waals surface area contributed by atoms with E-state index in [9.17, 15) is 18.4 Å². The van der Waals surface area contributed by atoms with Crippen LogP contribution < -0.4 is 4.74 Å². The molecule has 0 radical (unpaired) electrons. The molecule has 3 rings (SSSR count). The topological polar surface area (TPSA) is 81.9 Å². The summed E-state index contributed by atoms with van der Waals surface area (Å²) in [7, 11) is 0. The number of carbonyl (C=O) groups excluding carboxylic acids is 2. The number of para-hydroxylation sites is 1. The van der Waals surface area contributed by atoms with Gasteiger partial charge in [0.1, 0.15) is 6.61 Å². The van der Waals surface area contributed by atoms with Crippen molar-refractivity contribution >= 4 is 11.9 Å². The monoisotopic (exact) mass is 408 g/mol. The van der Waals surface area contributed by atoms with E-state index >= 15 is 0 Å². The summed E-state index contributed by atoms with van der Waals surface area (Å²) < 4.78 is 42.4. The molecule has 0 bridgehead atoms. The number of hydrogen-bond acceptors (Lipinski definition) is 6. The number of hydrogen-bond donors (Lipinski definition) is 0. The summed E-state index contributed by atoms with van der Waals surface area (Å²) in [5.41, 5.74) is 0.0494. The van der Waals surface area contributed by atoms with Gasteiger partial charge in [-0.2, -0.15) is 0 Å². The quantitative estimate of drug-likeness (QED) is 0.653. The lowest BCUT2D eigenvalue weighted by molar-refractivity contribution is -0.144. The minimum Gasteiger partial charge on any atom is -0.479 e. The highest BCUT2D eigenvalue weighted by Crippen LogP contribution is 2.24. The second-order valence-corrected chi connectivity index (χ2v) is 6.68. The Labute approximate surface area is 166 Å². The lowest BCUT2D eigenvalue weighted by Gasteiger charge is -2.34. The largest absolute Gasteiger partial charge is 0.479 e. The van der Waals surface area contributed by atoms with E-state index in [1.165, 1.54) is 12.1 Å². The molecule has 29 heavy (non-hydrogen) atoms. The van der Waals surface area contributed by atoms with Crippen LogP contribution in [0, 0.1) is 11.6 Å². The number of aromatic nitrogens is 1. The Morgan fingerprint density at radius 2 is 2.03 bits per heavy atom. The van der Waals surface area contributed by atoms with Crippen LogP contribution in [-0.4, -0.2) is 41.1 Å². The zero-order valence-electron chi connectivity index (χ0n) is 16.0. The number of benzene rings is 1. The van der Waals surface area contributed by atoms with E-state index in [0.29, 0.717) is 13.0 Å². The first-order chi connectivity index (χ1) is 14.0. The normalized spacial score (nSPS) is 16.5. The zero-order valence-corrected chi connectivity index (χ0v) is 16.0. The highest BCUT2D eigenvalue weighted by atomic mass is 19.1. The molecule has 0 unspecified atom stereocenters. The molecule has 1 aliphatic rings. The minimum absolute atomic E-state index is 0.0494. The van der Waals surface area contributed by atoms with Gasteiger partial charge in [-0.3, -0.25) is 9.59 Å². The van der Waals surface area contributed by atoms with Crippen LogP contribution in [0.2, 0.25) is 0 Å². The molecule has 0 aliphatic carbocycles. The Morgan fingerprint density at radius 1 is 1.28 bits per heavy atom. The van der Waals surface area contributed by atoms with Crippen molar-refractivity contribution < 1.29 is 32.4 Å². The summed E-state index contributed by atoms with van der Waals surface area (Å²) in [6.07, 6.45) is 2.57. The van der Waals surface area contributed by atoms with Gasteiger partial charge in [0.2, 0.25) is 0 Å². The van der Waals surface area contributed by atoms with E-state index in [1.54, 1.807) is 11.8 Å². The van der Waals surface area contributed by atoms with E-state index in [-0.39, 0.29) is 49.0 Å². The lowest BCUT2D eigenvalue weighted by Crippen LogP contribution is -2.45.